The van der Waals surface area contributed by atoms with Crippen LogP contribution in [0.1, 0.15) is 44.5 Å². The van der Waals surface area contributed by atoms with Gasteiger partial charge >= 0.3 is 0 Å². The van der Waals surface area contributed by atoms with Crippen molar-refractivity contribution in [1.82, 2.24) is 15.3 Å². The molecule has 1 aromatic carbocycles. The number of para-hydroxylation sites is 2. The van der Waals surface area contributed by atoms with E-state index in [0.29, 0.717) is 6.42 Å². The molecule has 3 rings (SSSR count). The second-order valence-electron chi connectivity index (χ2n) is 5.85. The molecule has 0 aliphatic heterocycles. The summed E-state index contributed by atoms with van der Waals surface area (Å²) >= 11 is 0. The van der Waals surface area contributed by atoms with Gasteiger partial charge in [-0.05, 0) is 38.3 Å². The Kier molecular flexibility index (Phi) is 3.68. The van der Waals surface area contributed by atoms with E-state index in [0.717, 1.165) is 36.1 Å². The fourth-order valence-corrected chi connectivity index (χ4v) is 2.86. The Bertz CT molecular complexity index is 607. The topological polar surface area (TPSA) is 67.0 Å². The first-order valence-corrected chi connectivity index (χ1v) is 7.41. The van der Waals surface area contributed by atoms with Crippen LogP contribution in [0.3, 0.4) is 0 Å². The molecule has 1 aromatic heterocycles. The Morgan fingerprint density at radius 2 is 2.24 bits per heavy atom. The van der Waals surface area contributed by atoms with Crippen LogP contribution in [-0.2, 0) is 9.53 Å². The van der Waals surface area contributed by atoms with Gasteiger partial charge in [0.15, 0.2) is 0 Å². The van der Waals surface area contributed by atoms with Crippen molar-refractivity contribution in [2.75, 3.05) is 7.11 Å². The van der Waals surface area contributed by atoms with E-state index in [9.17, 15) is 4.79 Å². The van der Waals surface area contributed by atoms with Gasteiger partial charge in [-0.3, -0.25) is 4.79 Å². The molecule has 5 heteroatoms. The van der Waals surface area contributed by atoms with Crippen LogP contribution in [0.25, 0.3) is 11.0 Å². The van der Waals surface area contributed by atoms with Crippen molar-refractivity contribution in [2.45, 2.75) is 44.2 Å². The third-order valence-electron chi connectivity index (χ3n) is 4.38. The molecule has 1 amide bonds. The number of H-pyrrole nitrogens is 1. The van der Waals surface area contributed by atoms with Crippen molar-refractivity contribution in [3.05, 3.63) is 30.1 Å². The zero-order valence-corrected chi connectivity index (χ0v) is 12.5. The smallest absolute Gasteiger partial charge is 0.223 e. The molecule has 0 bridgehead atoms. The zero-order valence-electron chi connectivity index (χ0n) is 12.5. The van der Waals surface area contributed by atoms with Gasteiger partial charge in [0.25, 0.3) is 0 Å². The van der Waals surface area contributed by atoms with Crippen molar-refractivity contribution in [3.8, 4) is 0 Å². The number of benzene rings is 1. The number of aromatic nitrogens is 2. The number of carbonyl (C=O) groups is 1. The van der Waals surface area contributed by atoms with E-state index in [1.165, 1.54) is 0 Å². The summed E-state index contributed by atoms with van der Waals surface area (Å²) in [5, 5.41) is 3.00. The SMILES string of the molecule is COC1(CC(=O)NC(C)c2nc3ccccc3[nH]2)CCC1. The van der Waals surface area contributed by atoms with E-state index in [2.05, 4.69) is 15.3 Å². The Morgan fingerprint density at radius 3 is 2.86 bits per heavy atom. The lowest BCUT2D eigenvalue weighted by molar-refractivity contribution is -0.134. The first kappa shape index (κ1) is 14.1. The number of hydrogen-bond acceptors (Lipinski definition) is 3. The molecule has 0 radical (unpaired) electrons. The molecule has 1 aliphatic rings. The van der Waals surface area contributed by atoms with Crippen LogP contribution in [0.4, 0.5) is 0 Å². The summed E-state index contributed by atoms with van der Waals surface area (Å²) in [6, 6.07) is 7.72. The highest BCUT2D eigenvalue weighted by molar-refractivity contribution is 5.78. The second-order valence-corrected chi connectivity index (χ2v) is 5.85. The number of nitrogens with one attached hydrogen (secondary N) is 2. The molecule has 0 saturated heterocycles. The lowest BCUT2D eigenvalue weighted by atomic mass is 9.77. The summed E-state index contributed by atoms with van der Waals surface area (Å²) in [5.74, 6) is 0.800. The number of ether oxygens (including phenoxy) is 1. The molecule has 1 saturated carbocycles. The number of carbonyl (C=O) groups excluding carboxylic acids is 1. The first-order chi connectivity index (χ1) is 10.1. The number of hydrogen-bond donors (Lipinski definition) is 2. The molecule has 2 aromatic rings. The number of fused-ring (bicyclic) bond motifs is 1. The van der Waals surface area contributed by atoms with Crippen molar-refractivity contribution < 1.29 is 9.53 Å². The summed E-state index contributed by atoms with van der Waals surface area (Å²) < 4.78 is 5.50. The highest BCUT2D eigenvalue weighted by Crippen LogP contribution is 2.38. The summed E-state index contributed by atoms with van der Waals surface area (Å²) in [5.41, 5.74) is 1.67. The standard InChI is InChI=1S/C16H21N3O2/c1-11(15-18-12-6-3-4-7-13(12)19-15)17-14(20)10-16(21-2)8-5-9-16/h3-4,6-7,11H,5,8-10H2,1-2H3,(H,17,20)(H,18,19). The maximum Gasteiger partial charge on any atom is 0.223 e. The molecule has 1 atom stereocenters. The zero-order chi connectivity index (χ0) is 14.9. The van der Waals surface area contributed by atoms with E-state index in [-0.39, 0.29) is 17.6 Å². The van der Waals surface area contributed by atoms with Crippen LogP contribution < -0.4 is 5.32 Å². The van der Waals surface area contributed by atoms with E-state index in [4.69, 9.17) is 4.74 Å². The molecule has 0 spiro atoms. The predicted molar refractivity (Wildman–Crippen MR) is 80.9 cm³/mol. The van der Waals surface area contributed by atoms with Gasteiger partial charge in [0.05, 0.1) is 29.1 Å². The van der Waals surface area contributed by atoms with Crippen LogP contribution >= 0.6 is 0 Å². The number of nitrogens with zero attached hydrogens (tertiary/aromatic N) is 1. The van der Waals surface area contributed by atoms with E-state index in [1.807, 2.05) is 31.2 Å². The minimum absolute atomic E-state index is 0.0181. The lowest BCUT2D eigenvalue weighted by Gasteiger charge is -2.40. The lowest BCUT2D eigenvalue weighted by Crippen LogP contribution is -2.44. The summed E-state index contributed by atoms with van der Waals surface area (Å²) in [7, 11) is 1.69. The Labute approximate surface area is 124 Å². The van der Waals surface area contributed by atoms with Gasteiger partial charge in [-0.2, -0.15) is 0 Å². The molecule has 1 unspecified atom stereocenters. The van der Waals surface area contributed by atoms with Gasteiger partial charge in [-0.15, -0.1) is 0 Å². The summed E-state index contributed by atoms with van der Waals surface area (Å²) in [6.45, 7) is 1.94. The third-order valence-corrected chi connectivity index (χ3v) is 4.38. The van der Waals surface area contributed by atoms with Crippen molar-refractivity contribution in [1.29, 1.82) is 0 Å². The van der Waals surface area contributed by atoms with Gasteiger partial charge in [-0.25, -0.2) is 4.98 Å². The average molecular weight is 287 g/mol. The molecule has 1 aliphatic carbocycles. The van der Waals surface area contributed by atoms with Gasteiger partial charge in [0.2, 0.25) is 5.91 Å². The maximum absolute atomic E-state index is 12.2. The van der Waals surface area contributed by atoms with Crippen molar-refractivity contribution >= 4 is 16.9 Å². The average Bonchev–Trinajstić information content (AvgIpc) is 2.87. The largest absolute Gasteiger partial charge is 0.378 e. The Hall–Kier alpha value is -1.88. The summed E-state index contributed by atoms with van der Waals surface area (Å²) in [4.78, 5) is 19.9. The highest BCUT2D eigenvalue weighted by Gasteiger charge is 2.39. The molecule has 5 nitrogen and oxygen atoms in total. The fraction of sp³-hybridized carbons (Fsp3) is 0.500. The number of imidazole rings is 1. The first-order valence-electron chi connectivity index (χ1n) is 7.41. The van der Waals surface area contributed by atoms with Gasteiger partial charge in [0, 0.05) is 7.11 Å². The quantitative estimate of drug-likeness (QED) is 0.888. The van der Waals surface area contributed by atoms with Crippen LogP contribution in [0, 0.1) is 0 Å². The minimum Gasteiger partial charge on any atom is -0.378 e. The predicted octanol–water partition coefficient (Wildman–Crippen LogP) is 2.70. The van der Waals surface area contributed by atoms with Crippen molar-refractivity contribution in [3.63, 3.8) is 0 Å². The summed E-state index contributed by atoms with van der Waals surface area (Å²) in [6.07, 6.45) is 3.50. The maximum atomic E-state index is 12.2. The number of amides is 1. The van der Waals surface area contributed by atoms with Crippen LogP contribution in [0.15, 0.2) is 24.3 Å². The number of rotatable bonds is 5. The molecule has 2 N–H and O–H groups in total. The van der Waals surface area contributed by atoms with E-state index in [1.54, 1.807) is 7.11 Å². The number of aromatic amines is 1. The number of methoxy groups -OCH3 is 1. The molecule has 1 fully saturated rings. The molecule has 21 heavy (non-hydrogen) atoms. The third kappa shape index (κ3) is 2.78. The minimum atomic E-state index is -0.238. The van der Waals surface area contributed by atoms with Gasteiger partial charge in [-0.1, -0.05) is 12.1 Å². The van der Waals surface area contributed by atoms with E-state index < -0.39 is 0 Å². The van der Waals surface area contributed by atoms with Crippen molar-refractivity contribution in [2.24, 2.45) is 0 Å². The molecular weight excluding hydrogens is 266 g/mol. The van der Waals surface area contributed by atoms with Gasteiger partial charge in [0.1, 0.15) is 5.82 Å². The van der Waals surface area contributed by atoms with Crippen LogP contribution in [0.5, 0.6) is 0 Å². The molecular formula is C16H21N3O2. The monoisotopic (exact) mass is 287 g/mol. The van der Waals surface area contributed by atoms with Gasteiger partial charge < -0.3 is 15.0 Å². The van der Waals surface area contributed by atoms with Crippen LogP contribution in [-0.4, -0.2) is 28.6 Å². The Morgan fingerprint density at radius 1 is 1.48 bits per heavy atom. The van der Waals surface area contributed by atoms with E-state index >= 15 is 0 Å². The fourth-order valence-electron chi connectivity index (χ4n) is 2.86. The molecule has 1 heterocycles. The normalized spacial score (nSPS) is 18.2. The van der Waals surface area contributed by atoms with Crippen LogP contribution in [0.2, 0.25) is 0 Å². The Balaban J connectivity index is 1.65. The second kappa shape index (κ2) is 5.48. The highest BCUT2D eigenvalue weighted by atomic mass is 16.5. The molecule has 112 valence electrons.